The Morgan fingerprint density at radius 3 is 2.53 bits per heavy atom. The van der Waals surface area contributed by atoms with Gasteiger partial charge in [-0.15, -0.1) is 0 Å². The molecule has 0 radical (unpaired) electrons. The third kappa shape index (κ3) is 2.20. The molecule has 0 saturated carbocycles. The van der Waals surface area contributed by atoms with E-state index in [-0.39, 0.29) is 0 Å². The lowest BCUT2D eigenvalue weighted by atomic mass is 9.92. The van der Waals surface area contributed by atoms with Gasteiger partial charge in [0.05, 0.1) is 0 Å². The Labute approximate surface area is 111 Å². The van der Waals surface area contributed by atoms with Crippen LogP contribution in [-0.4, -0.2) is 42.1 Å². The molecule has 2 aliphatic rings. The molecule has 2 unspecified atom stereocenters. The molecule has 0 amide bonds. The fourth-order valence-electron chi connectivity index (χ4n) is 3.06. The summed E-state index contributed by atoms with van der Waals surface area (Å²) in [4.78, 5) is 9.53. The molecular formula is C13H18BrN3. The fourth-order valence-corrected chi connectivity index (χ4v) is 3.29. The zero-order valence-corrected chi connectivity index (χ0v) is 11.7. The van der Waals surface area contributed by atoms with Gasteiger partial charge < -0.3 is 4.90 Å². The van der Waals surface area contributed by atoms with E-state index >= 15 is 0 Å². The number of anilines is 1. The van der Waals surface area contributed by atoms with Crippen LogP contribution in [0.2, 0.25) is 0 Å². The number of halogens is 1. The van der Waals surface area contributed by atoms with Gasteiger partial charge in [-0.1, -0.05) is 6.42 Å². The molecule has 3 rings (SSSR count). The smallest absolute Gasteiger partial charge is 0.128 e. The number of fused-ring (bicyclic) bond motifs is 2. The molecule has 0 aromatic carbocycles. The zero-order valence-electron chi connectivity index (χ0n) is 10.1. The largest absolute Gasteiger partial charge is 0.353 e. The van der Waals surface area contributed by atoms with Crippen molar-refractivity contribution in [3.05, 3.63) is 22.8 Å². The highest BCUT2D eigenvalue weighted by molar-refractivity contribution is 9.10. The van der Waals surface area contributed by atoms with Crippen molar-refractivity contribution in [2.45, 2.75) is 31.3 Å². The number of likely N-dealkylation sites (N-methyl/N-ethyl adjacent to an activating group) is 1. The summed E-state index contributed by atoms with van der Waals surface area (Å²) in [6.07, 6.45) is 5.95. The lowest BCUT2D eigenvalue weighted by molar-refractivity contribution is 0.0947. The Bertz CT molecular complexity index is 378. The minimum Gasteiger partial charge on any atom is -0.353 e. The van der Waals surface area contributed by atoms with Crippen LogP contribution in [0, 0.1) is 0 Å². The van der Waals surface area contributed by atoms with Crippen LogP contribution in [0.25, 0.3) is 0 Å². The van der Waals surface area contributed by atoms with Gasteiger partial charge in [-0.2, -0.15) is 0 Å². The highest BCUT2D eigenvalue weighted by Crippen LogP contribution is 2.29. The summed E-state index contributed by atoms with van der Waals surface area (Å²) >= 11 is 3.44. The van der Waals surface area contributed by atoms with Crippen molar-refractivity contribution in [3.63, 3.8) is 0 Å². The average molecular weight is 296 g/mol. The molecule has 4 heteroatoms. The van der Waals surface area contributed by atoms with Crippen LogP contribution >= 0.6 is 15.9 Å². The second-order valence-electron chi connectivity index (χ2n) is 5.14. The monoisotopic (exact) mass is 295 g/mol. The summed E-state index contributed by atoms with van der Waals surface area (Å²) in [5.74, 6) is 1.12. The Balaban J connectivity index is 1.79. The van der Waals surface area contributed by atoms with Gasteiger partial charge in [0.2, 0.25) is 0 Å². The lowest BCUT2D eigenvalue weighted by Crippen LogP contribution is -2.59. The van der Waals surface area contributed by atoms with Crippen molar-refractivity contribution >= 4 is 21.7 Å². The number of piperidine rings is 1. The third-order valence-corrected chi connectivity index (χ3v) is 4.59. The van der Waals surface area contributed by atoms with Gasteiger partial charge in [-0.05, 0) is 48.0 Å². The minimum atomic E-state index is 0.716. The van der Waals surface area contributed by atoms with E-state index in [1.54, 1.807) is 0 Å². The molecule has 2 bridgehead atoms. The summed E-state index contributed by atoms with van der Waals surface area (Å²) in [6, 6.07) is 5.63. The predicted molar refractivity (Wildman–Crippen MR) is 73.3 cm³/mol. The molecule has 0 N–H and O–H groups in total. The molecule has 2 fully saturated rings. The van der Waals surface area contributed by atoms with Gasteiger partial charge in [0.15, 0.2) is 0 Å². The zero-order chi connectivity index (χ0) is 11.8. The quantitative estimate of drug-likeness (QED) is 0.794. The SMILES string of the molecule is CN1C2CCCC1CN(c1ccc(Br)cn1)C2. The van der Waals surface area contributed by atoms with E-state index in [1.165, 1.54) is 19.3 Å². The predicted octanol–water partition coefficient (Wildman–Crippen LogP) is 2.52. The maximum atomic E-state index is 4.51. The second kappa shape index (κ2) is 4.58. The lowest BCUT2D eigenvalue weighted by Gasteiger charge is -2.48. The van der Waals surface area contributed by atoms with Crippen LogP contribution in [0.5, 0.6) is 0 Å². The molecular weight excluding hydrogens is 278 g/mol. The summed E-state index contributed by atoms with van der Waals surface area (Å²) in [5, 5.41) is 0. The Kier molecular flexibility index (Phi) is 3.09. The van der Waals surface area contributed by atoms with Crippen LogP contribution in [-0.2, 0) is 0 Å². The first-order valence-electron chi connectivity index (χ1n) is 6.32. The van der Waals surface area contributed by atoms with Gasteiger partial charge >= 0.3 is 0 Å². The Hall–Kier alpha value is -0.610. The normalized spacial score (nSPS) is 29.4. The van der Waals surface area contributed by atoms with E-state index in [1.807, 2.05) is 6.20 Å². The molecule has 2 saturated heterocycles. The van der Waals surface area contributed by atoms with Gasteiger partial charge in [0.25, 0.3) is 0 Å². The van der Waals surface area contributed by atoms with E-state index in [9.17, 15) is 0 Å². The molecule has 2 aliphatic heterocycles. The molecule has 17 heavy (non-hydrogen) atoms. The van der Waals surface area contributed by atoms with Crippen molar-refractivity contribution < 1.29 is 0 Å². The van der Waals surface area contributed by atoms with E-state index in [0.717, 1.165) is 23.4 Å². The van der Waals surface area contributed by atoms with Crippen molar-refractivity contribution in [2.75, 3.05) is 25.0 Å². The molecule has 1 aromatic heterocycles. The first kappa shape index (κ1) is 11.5. The Morgan fingerprint density at radius 1 is 1.24 bits per heavy atom. The van der Waals surface area contributed by atoms with Gasteiger partial charge in [0.1, 0.15) is 5.82 Å². The van der Waals surface area contributed by atoms with Crippen molar-refractivity contribution in [2.24, 2.45) is 0 Å². The standard InChI is InChI=1S/C13H18BrN3/c1-16-11-3-2-4-12(16)9-17(8-11)13-6-5-10(14)7-15-13/h5-7,11-12H,2-4,8-9H2,1H3. The minimum absolute atomic E-state index is 0.716. The van der Waals surface area contributed by atoms with Crippen LogP contribution in [0.3, 0.4) is 0 Å². The number of hydrogen-bond acceptors (Lipinski definition) is 3. The Morgan fingerprint density at radius 2 is 1.94 bits per heavy atom. The number of aromatic nitrogens is 1. The van der Waals surface area contributed by atoms with E-state index in [2.05, 4.69) is 49.9 Å². The van der Waals surface area contributed by atoms with E-state index in [0.29, 0.717) is 12.1 Å². The van der Waals surface area contributed by atoms with Gasteiger partial charge in [0, 0.05) is 35.8 Å². The number of pyridine rings is 1. The van der Waals surface area contributed by atoms with Crippen molar-refractivity contribution in [3.8, 4) is 0 Å². The number of rotatable bonds is 1. The van der Waals surface area contributed by atoms with Gasteiger partial charge in [-0.25, -0.2) is 4.98 Å². The van der Waals surface area contributed by atoms with E-state index in [4.69, 9.17) is 0 Å². The highest BCUT2D eigenvalue weighted by Gasteiger charge is 2.35. The first-order valence-corrected chi connectivity index (χ1v) is 7.12. The third-order valence-electron chi connectivity index (χ3n) is 4.12. The fraction of sp³-hybridized carbons (Fsp3) is 0.615. The number of nitrogens with zero attached hydrogens (tertiary/aromatic N) is 3. The maximum Gasteiger partial charge on any atom is 0.128 e. The number of hydrogen-bond donors (Lipinski definition) is 0. The summed E-state index contributed by atoms with van der Waals surface area (Å²) in [6.45, 7) is 2.25. The van der Waals surface area contributed by atoms with Crippen LogP contribution < -0.4 is 4.90 Å². The van der Waals surface area contributed by atoms with Crippen molar-refractivity contribution in [1.29, 1.82) is 0 Å². The topological polar surface area (TPSA) is 19.4 Å². The van der Waals surface area contributed by atoms with Crippen molar-refractivity contribution in [1.82, 2.24) is 9.88 Å². The molecule has 3 nitrogen and oxygen atoms in total. The summed E-state index contributed by atoms with van der Waals surface area (Å²) < 4.78 is 1.05. The molecule has 0 aliphatic carbocycles. The number of piperazine rings is 1. The molecule has 92 valence electrons. The van der Waals surface area contributed by atoms with Crippen LogP contribution in [0.1, 0.15) is 19.3 Å². The molecule has 2 atom stereocenters. The molecule has 3 heterocycles. The van der Waals surface area contributed by atoms with E-state index < -0.39 is 0 Å². The van der Waals surface area contributed by atoms with Gasteiger partial charge in [-0.3, -0.25) is 4.90 Å². The summed E-state index contributed by atoms with van der Waals surface area (Å²) in [5.41, 5.74) is 0. The highest BCUT2D eigenvalue weighted by atomic mass is 79.9. The second-order valence-corrected chi connectivity index (χ2v) is 6.06. The molecule has 1 aromatic rings. The van der Waals surface area contributed by atoms with Crippen LogP contribution in [0.4, 0.5) is 5.82 Å². The van der Waals surface area contributed by atoms with Crippen LogP contribution in [0.15, 0.2) is 22.8 Å². The average Bonchev–Trinajstić information content (AvgIpc) is 2.30. The molecule has 0 spiro atoms. The maximum absolute atomic E-state index is 4.51. The summed E-state index contributed by atoms with van der Waals surface area (Å²) in [7, 11) is 2.28. The first-order chi connectivity index (χ1) is 8.24.